The summed E-state index contributed by atoms with van der Waals surface area (Å²) in [5.74, 6) is -2.95. The minimum Gasteiger partial charge on any atom is -0.407 e. The second kappa shape index (κ2) is 8.08. The number of halogens is 2. The fourth-order valence-electron chi connectivity index (χ4n) is 2.49. The third-order valence-electron chi connectivity index (χ3n) is 4.10. The number of carbonyl (C=O) groups excluding carboxylic acids is 1. The van der Waals surface area contributed by atoms with Gasteiger partial charge in [0.05, 0.1) is 16.6 Å². The molecule has 3 aromatic rings. The van der Waals surface area contributed by atoms with Crippen molar-refractivity contribution in [2.45, 2.75) is 30.4 Å². The van der Waals surface area contributed by atoms with E-state index in [1.54, 1.807) is 26.0 Å². The van der Waals surface area contributed by atoms with Crippen LogP contribution in [0.25, 0.3) is 0 Å². The summed E-state index contributed by atoms with van der Waals surface area (Å²) in [4.78, 5) is 12.2. The Bertz CT molecular complexity index is 1120. The number of benzene rings is 2. The molecule has 2 aromatic carbocycles. The van der Waals surface area contributed by atoms with Crippen molar-refractivity contribution in [1.82, 2.24) is 10.2 Å². The largest absolute Gasteiger partial charge is 0.407 e. The topological polar surface area (TPSA) is 102 Å². The molecule has 29 heavy (non-hydrogen) atoms. The van der Waals surface area contributed by atoms with Gasteiger partial charge in [0, 0.05) is 0 Å². The van der Waals surface area contributed by atoms with Crippen molar-refractivity contribution in [2.75, 3.05) is 5.32 Å². The molecule has 0 bridgehead atoms. The number of hydrogen-bond acceptors (Lipinski definition) is 6. The van der Waals surface area contributed by atoms with Crippen LogP contribution in [0.5, 0.6) is 0 Å². The number of carbonyl (C=O) groups is 1. The maximum absolute atomic E-state index is 13.7. The highest BCUT2D eigenvalue weighted by atomic mass is 32.2. The molecule has 0 unspecified atom stereocenters. The second-order valence-electron chi connectivity index (χ2n) is 6.47. The number of aromatic nitrogens is 2. The van der Waals surface area contributed by atoms with Crippen molar-refractivity contribution < 1.29 is 26.4 Å². The molecule has 0 aliphatic heterocycles. The van der Waals surface area contributed by atoms with E-state index in [-0.39, 0.29) is 23.2 Å². The van der Waals surface area contributed by atoms with Gasteiger partial charge in [0.15, 0.2) is 9.84 Å². The number of hydrogen-bond donors (Lipinski definition) is 1. The van der Waals surface area contributed by atoms with Gasteiger partial charge in [-0.25, -0.2) is 17.2 Å². The molecule has 3 rings (SSSR count). The zero-order chi connectivity index (χ0) is 21.2. The number of rotatable bonds is 6. The van der Waals surface area contributed by atoms with Crippen LogP contribution in [0.15, 0.2) is 51.8 Å². The molecule has 0 saturated heterocycles. The van der Waals surface area contributed by atoms with E-state index in [1.807, 2.05) is 0 Å². The van der Waals surface area contributed by atoms with Gasteiger partial charge in [-0.05, 0) is 43.7 Å². The van der Waals surface area contributed by atoms with Gasteiger partial charge in [-0.15, -0.1) is 5.10 Å². The Kier molecular flexibility index (Phi) is 5.73. The molecule has 1 aromatic heterocycles. The summed E-state index contributed by atoms with van der Waals surface area (Å²) < 4.78 is 56.9. The monoisotopic (exact) mass is 421 g/mol. The van der Waals surface area contributed by atoms with Gasteiger partial charge in [-0.3, -0.25) is 10.1 Å². The zero-order valence-electron chi connectivity index (χ0n) is 15.5. The molecule has 1 heterocycles. The first-order chi connectivity index (χ1) is 13.7. The number of nitrogens with one attached hydrogen (secondary N) is 1. The molecule has 0 aliphatic rings. The number of sulfone groups is 1. The highest BCUT2D eigenvalue weighted by molar-refractivity contribution is 7.92. The third kappa shape index (κ3) is 4.48. The first-order valence-electron chi connectivity index (χ1n) is 8.59. The molecule has 1 N–H and O–H groups in total. The maximum Gasteiger partial charge on any atom is 0.322 e. The Balaban J connectivity index is 1.70. The summed E-state index contributed by atoms with van der Waals surface area (Å²) in [6.45, 7) is 3.20. The van der Waals surface area contributed by atoms with Crippen molar-refractivity contribution >= 4 is 21.8 Å². The molecular weight excluding hydrogens is 404 g/mol. The zero-order valence-corrected chi connectivity index (χ0v) is 16.3. The first-order valence-corrected chi connectivity index (χ1v) is 10.1. The van der Waals surface area contributed by atoms with Crippen molar-refractivity contribution in [3.63, 3.8) is 0 Å². The van der Waals surface area contributed by atoms with Gasteiger partial charge in [0.2, 0.25) is 5.89 Å². The van der Waals surface area contributed by atoms with Gasteiger partial charge in [0.25, 0.3) is 5.91 Å². The minimum atomic E-state index is -3.37. The molecular formula is C19H17F2N3O4S. The molecule has 0 saturated carbocycles. The molecule has 0 aliphatic carbocycles. The standard InChI is InChI=1S/C19H17F2N3O4S/c1-11(2)29(26,27)13-8-6-12(7-9-13)10-16-23-24-19(28-16)22-18(25)17-14(20)4-3-5-15(17)21/h3-9,11H,10H2,1-2H3,(H,22,24,25). The Morgan fingerprint density at radius 1 is 1.07 bits per heavy atom. The number of amides is 1. The molecule has 7 nitrogen and oxygen atoms in total. The van der Waals surface area contributed by atoms with Crippen molar-refractivity contribution in [2.24, 2.45) is 0 Å². The van der Waals surface area contributed by atoms with Crippen LogP contribution in [-0.2, 0) is 16.3 Å². The lowest BCUT2D eigenvalue weighted by molar-refractivity contribution is 0.101. The molecule has 0 radical (unpaired) electrons. The van der Waals surface area contributed by atoms with Crippen molar-refractivity contribution in [3.05, 3.63) is 71.1 Å². The van der Waals surface area contributed by atoms with Crippen molar-refractivity contribution in [3.8, 4) is 0 Å². The molecule has 1 amide bonds. The van der Waals surface area contributed by atoms with Gasteiger partial charge < -0.3 is 4.42 Å². The number of nitrogens with zero attached hydrogens (tertiary/aromatic N) is 2. The molecule has 0 atom stereocenters. The summed E-state index contributed by atoms with van der Waals surface area (Å²) in [5.41, 5.74) is -0.0522. The van der Waals surface area contributed by atoms with E-state index in [1.165, 1.54) is 12.1 Å². The van der Waals surface area contributed by atoms with Gasteiger partial charge in [-0.2, -0.15) is 0 Å². The fraction of sp³-hybridized carbons (Fsp3) is 0.211. The molecule has 0 spiro atoms. The highest BCUT2D eigenvalue weighted by Crippen LogP contribution is 2.19. The molecule has 10 heteroatoms. The van der Waals surface area contributed by atoms with Crippen LogP contribution in [0.3, 0.4) is 0 Å². The first kappa shape index (κ1) is 20.6. The van der Waals surface area contributed by atoms with E-state index in [9.17, 15) is 22.0 Å². The molecule has 152 valence electrons. The average molecular weight is 421 g/mol. The van der Waals surface area contributed by atoms with Gasteiger partial charge in [-0.1, -0.05) is 23.3 Å². The predicted molar refractivity (Wildman–Crippen MR) is 100 cm³/mol. The summed E-state index contributed by atoms with van der Waals surface area (Å²) in [6, 6.07) is 8.96. The predicted octanol–water partition coefficient (Wildman–Crippen LogP) is 3.37. The van der Waals surface area contributed by atoms with Crippen LogP contribution in [0.1, 0.15) is 35.7 Å². The Hall–Kier alpha value is -3.14. The van der Waals surface area contributed by atoms with Crippen LogP contribution in [0, 0.1) is 11.6 Å². The summed E-state index contributed by atoms with van der Waals surface area (Å²) in [5, 5.41) is 9.01. The SMILES string of the molecule is CC(C)S(=O)(=O)c1ccc(Cc2nnc(NC(=O)c3c(F)cccc3F)o2)cc1. The summed E-state index contributed by atoms with van der Waals surface area (Å²) in [6.07, 6.45) is 0.179. The van der Waals surface area contributed by atoms with Crippen LogP contribution in [0.2, 0.25) is 0 Å². The molecule has 0 fully saturated rings. The Morgan fingerprint density at radius 3 is 2.28 bits per heavy atom. The lowest BCUT2D eigenvalue weighted by Crippen LogP contribution is -2.16. The van der Waals surface area contributed by atoms with Crippen LogP contribution in [-0.4, -0.2) is 29.8 Å². The van der Waals surface area contributed by atoms with E-state index in [2.05, 4.69) is 15.5 Å². The Labute approximate surface area is 165 Å². The number of anilines is 1. The minimum absolute atomic E-state index is 0.133. The van der Waals surface area contributed by atoms with Crippen LogP contribution < -0.4 is 5.32 Å². The fourth-order valence-corrected chi connectivity index (χ4v) is 3.55. The van der Waals surface area contributed by atoms with Crippen molar-refractivity contribution in [1.29, 1.82) is 0 Å². The van der Waals surface area contributed by atoms with Crippen LogP contribution >= 0.6 is 0 Å². The van der Waals surface area contributed by atoms with Gasteiger partial charge in [0.1, 0.15) is 17.2 Å². The smallest absolute Gasteiger partial charge is 0.322 e. The average Bonchev–Trinajstić information content (AvgIpc) is 3.08. The van der Waals surface area contributed by atoms with E-state index < -0.39 is 38.2 Å². The lowest BCUT2D eigenvalue weighted by atomic mass is 10.1. The maximum atomic E-state index is 13.7. The highest BCUT2D eigenvalue weighted by Gasteiger charge is 2.20. The summed E-state index contributed by atoms with van der Waals surface area (Å²) in [7, 11) is -3.37. The summed E-state index contributed by atoms with van der Waals surface area (Å²) >= 11 is 0. The second-order valence-corrected chi connectivity index (χ2v) is 8.97. The van der Waals surface area contributed by atoms with E-state index >= 15 is 0 Å². The van der Waals surface area contributed by atoms with Gasteiger partial charge >= 0.3 is 6.01 Å². The lowest BCUT2D eigenvalue weighted by Gasteiger charge is -2.08. The van der Waals surface area contributed by atoms with E-state index in [0.717, 1.165) is 18.2 Å². The Morgan fingerprint density at radius 2 is 1.69 bits per heavy atom. The van der Waals surface area contributed by atoms with E-state index in [4.69, 9.17) is 4.42 Å². The van der Waals surface area contributed by atoms with Crippen LogP contribution in [0.4, 0.5) is 14.8 Å². The van der Waals surface area contributed by atoms with E-state index in [0.29, 0.717) is 5.56 Å². The quantitative estimate of drug-likeness (QED) is 0.655. The third-order valence-corrected chi connectivity index (χ3v) is 6.28. The normalized spacial score (nSPS) is 11.6.